The quantitative estimate of drug-likeness (QED) is 0.290. The third kappa shape index (κ3) is 5.57. The molecule has 1 aliphatic heterocycles. The first kappa shape index (κ1) is 21.9. The van der Waals surface area contributed by atoms with Crippen LogP contribution in [0, 0.1) is 5.82 Å². The van der Waals surface area contributed by atoms with Gasteiger partial charge in [0, 0.05) is 39.4 Å². The number of pyridine rings is 1. The average molecular weight is 503 g/mol. The van der Waals surface area contributed by atoms with E-state index in [2.05, 4.69) is 20.2 Å². The van der Waals surface area contributed by atoms with Crippen LogP contribution in [-0.2, 0) is 0 Å². The van der Waals surface area contributed by atoms with Crippen LogP contribution >= 0.6 is 24.0 Å². The Kier molecular flexibility index (Phi) is 8.48. The minimum Gasteiger partial charge on any atom is -0.474 e. The van der Waals surface area contributed by atoms with Crippen LogP contribution in [0.4, 0.5) is 4.39 Å². The van der Waals surface area contributed by atoms with Crippen LogP contribution in [0.3, 0.4) is 0 Å². The highest BCUT2D eigenvalue weighted by atomic mass is 127. The Balaban J connectivity index is 0.00000280. The lowest BCUT2D eigenvalue weighted by molar-refractivity contribution is 0.0657. The Bertz CT molecular complexity index is 779. The zero-order chi connectivity index (χ0) is 19.1. The molecule has 0 saturated carbocycles. The number of amides is 1. The second-order valence-corrected chi connectivity index (χ2v) is 5.87. The third-order valence-corrected chi connectivity index (χ3v) is 4.16. The van der Waals surface area contributed by atoms with E-state index in [0.29, 0.717) is 44.4 Å². The first-order valence-corrected chi connectivity index (χ1v) is 8.70. The monoisotopic (exact) mass is 503 g/mol. The number of furan rings is 1. The number of carbonyl (C=O) groups excluding carboxylic acids is 1. The molecule has 0 aliphatic carbocycles. The predicted octanol–water partition coefficient (Wildman–Crippen LogP) is 1.84. The molecule has 0 unspecified atom stereocenters. The summed E-state index contributed by atoms with van der Waals surface area (Å²) in [7, 11) is 1.70. The van der Waals surface area contributed by atoms with Gasteiger partial charge in [-0.25, -0.2) is 9.37 Å². The SMILES string of the molecule is CN=C(NCCOc1ncccc1F)N1CCN(C(=O)c2ccco2)CC1.I. The molecule has 0 atom stereocenters. The number of rotatable bonds is 5. The molecule has 2 aromatic rings. The Morgan fingerprint density at radius 3 is 2.68 bits per heavy atom. The van der Waals surface area contributed by atoms with Crippen molar-refractivity contribution < 1.29 is 18.3 Å². The zero-order valence-corrected chi connectivity index (χ0v) is 17.8. The van der Waals surface area contributed by atoms with Gasteiger partial charge in [-0.05, 0) is 24.3 Å². The highest BCUT2D eigenvalue weighted by Crippen LogP contribution is 2.11. The highest BCUT2D eigenvalue weighted by Gasteiger charge is 2.25. The van der Waals surface area contributed by atoms with Gasteiger partial charge in [-0.1, -0.05) is 0 Å². The number of nitrogens with zero attached hydrogens (tertiary/aromatic N) is 4. The lowest BCUT2D eigenvalue weighted by Gasteiger charge is -2.36. The maximum Gasteiger partial charge on any atom is 0.289 e. The molecule has 0 spiro atoms. The topological polar surface area (TPSA) is 83.2 Å². The van der Waals surface area contributed by atoms with E-state index < -0.39 is 5.82 Å². The van der Waals surface area contributed by atoms with Crippen molar-refractivity contribution in [3.05, 3.63) is 48.3 Å². The Labute approximate surface area is 179 Å². The van der Waals surface area contributed by atoms with Crippen LogP contribution in [0.5, 0.6) is 5.88 Å². The maximum atomic E-state index is 13.5. The number of aliphatic imine (C=N–C) groups is 1. The van der Waals surface area contributed by atoms with Crippen molar-refractivity contribution in [2.45, 2.75) is 0 Å². The lowest BCUT2D eigenvalue weighted by Crippen LogP contribution is -2.54. The smallest absolute Gasteiger partial charge is 0.289 e. The van der Waals surface area contributed by atoms with E-state index in [1.807, 2.05) is 0 Å². The van der Waals surface area contributed by atoms with E-state index in [1.54, 1.807) is 24.1 Å². The molecule has 28 heavy (non-hydrogen) atoms. The largest absolute Gasteiger partial charge is 0.474 e. The van der Waals surface area contributed by atoms with E-state index in [4.69, 9.17) is 9.15 Å². The van der Waals surface area contributed by atoms with E-state index in [-0.39, 0.29) is 42.4 Å². The minimum absolute atomic E-state index is 0. The van der Waals surface area contributed by atoms with Crippen molar-refractivity contribution in [1.29, 1.82) is 0 Å². The van der Waals surface area contributed by atoms with Gasteiger partial charge < -0.3 is 24.3 Å². The molecule has 1 fully saturated rings. The molecule has 1 aliphatic rings. The molecule has 0 radical (unpaired) electrons. The summed E-state index contributed by atoms with van der Waals surface area (Å²) in [5.74, 6) is 0.460. The van der Waals surface area contributed by atoms with Gasteiger partial charge in [-0.2, -0.15) is 0 Å². The van der Waals surface area contributed by atoms with Crippen molar-refractivity contribution in [1.82, 2.24) is 20.1 Å². The first-order valence-electron chi connectivity index (χ1n) is 8.70. The fourth-order valence-electron chi connectivity index (χ4n) is 2.80. The van der Waals surface area contributed by atoms with Crippen LogP contribution < -0.4 is 10.1 Å². The fourth-order valence-corrected chi connectivity index (χ4v) is 2.80. The van der Waals surface area contributed by atoms with Crippen LogP contribution in [-0.4, -0.2) is 73.0 Å². The Morgan fingerprint density at radius 2 is 2.04 bits per heavy atom. The molecular formula is C18H23FIN5O3. The van der Waals surface area contributed by atoms with Gasteiger partial charge in [0.05, 0.1) is 12.8 Å². The summed E-state index contributed by atoms with van der Waals surface area (Å²) in [6.07, 6.45) is 2.97. The summed E-state index contributed by atoms with van der Waals surface area (Å²) in [6.45, 7) is 3.17. The summed E-state index contributed by atoms with van der Waals surface area (Å²) in [5, 5.41) is 3.18. The molecule has 0 bridgehead atoms. The second-order valence-electron chi connectivity index (χ2n) is 5.87. The molecule has 10 heteroatoms. The number of guanidine groups is 1. The summed E-state index contributed by atoms with van der Waals surface area (Å²) in [6, 6.07) is 6.19. The summed E-state index contributed by atoms with van der Waals surface area (Å²) in [5.41, 5.74) is 0. The van der Waals surface area contributed by atoms with Gasteiger partial charge in [0.15, 0.2) is 17.5 Å². The van der Waals surface area contributed by atoms with Gasteiger partial charge in [-0.15, -0.1) is 24.0 Å². The van der Waals surface area contributed by atoms with Gasteiger partial charge in [0.2, 0.25) is 5.88 Å². The van der Waals surface area contributed by atoms with Crippen molar-refractivity contribution in [3.63, 3.8) is 0 Å². The molecular weight excluding hydrogens is 480 g/mol. The zero-order valence-electron chi connectivity index (χ0n) is 15.5. The van der Waals surface area contributed by atoms with Crippen LogP contribution in [0.1, 0.15) is 10.6 Å². The summed E-state index contributed by atoms with van der Waals surface area (Å²) >= 11 is 0. The molecule has 2 aromatic heterocycles. The summed E-state index contributed by atoms with van der Waals surface area (Å²) in [4.78, 5) is 24.2. The second kappa shape index (κ2) is 10.8. The van der Waals surface area contributed by atoms with E-state index >= 15 is 0 Å². The van der Waals surface area contributed by atoms with Crippen molar-refractivity contribution in [2.75, 3.05) is 46.4 Å². The molecule has 0 aromatic carbocycles. The standard InChI is InChI=1S/C18H22FN5O3.HI/c1-20-18(22-7-13-27-16-14(19)4-2-6-21-16)24-10-8-23(9-11-24)17(25)15-5-3-12-26-15;/h2-6,12H,7-11,13H2,1H3,(H,20,22);1H. The lowest BCUT2D eigenvalue weighted by atomic mass is 10.3. The molecule has 3 heterocycles. The fraction of sp³-hybridized carbons (Fsp3) is 0.389. The van der Waals surface area contributed by atoms with Crippen LogP contribution in [0.2, 0.25) is 0 Å². The van der Waals surface area contributed by atoms with Gasteiger partial charge >= 0.3 is 0 Å². The first-order chi connectivity index (χ1) is 13.2. The van der Waals surface area contributed by atoms with Crippen molar-refractivity contribution in [3.8, 4) is 5.88 Å². The molecule has 1 N–H and O–H groups in total. The van der Waals surface area contributed by atoms with Crippen LogP contribution in [0.25, 0.3) is 0 Å². The molecule has 8 nitrogen and oxygen atoms in total. The van der Waals surface area contributed by atoms with Gasteiger partial charge in [-0.3, -0.25) is 9.79 Å². The van der Waals surface area contributed by atoms with E-state index in [9.17, 15) is 9.18 Å². The number of carbonyl (C=O) groups is 1. The minimum atomic E-state index is -0.487. The van der Waals surface area contributed by atoms with Crippen molar-refractivity contribution in [2.24, 2.45) is 4.99 Å². The number of hydrogen-bond donors (Lipinski definition) is 1. The number of nitrogens with one attached hydrogen (secondary N) is 1. The maximum absolute atomic E-state index is 13.5. The Morgan fingerprint density at radius 1 is 1.29 bits per heavy atom. The van der Waals surface area contributed by atoms with E-state index in [0.717, 1.165) is 0 Å². The average Bonchev–Trinajstić information content (AvgIpc) is 3.24. The number of aromatic nitrogens is 1. The van der Waals surface area contributed by atoms with E-state index in [1.165, 1.54) is 24.6 Å². The molecule has 1 saturated heterocycles. The molecule has 3 rings (SSSR count). The normalized spacial score (nSPS) is 14.4. The third-order valence-electron chi connectivity index (χ3n) is 4.16. The molecule has 152 valence electrons. The highest BCUT2D eigenvalue weighted by molar-refractivity contribution is 14.0. The van der Waals surface area contributed by atoms with Gasteiger partial charge in [0.1, 0.15) is 6.61 Å². The number of piperazine rings is 1. The number of ether oxygens (including phenoxy) is 1. The predicted molar refractivity (Wildman–Crippen MR) is 113 cm³/mol. The van der Waals surface area contributed by atoms with Crippen LogP contribution in [0.15, 0.2) is 46.1 Å². The Hall–Kier alpha value is -2.37. The van der Waals surface area contributed by atoms with Crippen molar-refractivity contribution >= 4 is 35.8 Å². The number of hydrogen-bond acceptors (Lipinski definition) is 5. The van der Waals surface area contributed by atoms with Gasteiger partial charge in [0.25, 0.3) is 5.91 Å². The molecule has 1 amide bonds. The summed E-state index contributed by atoms with van der Waals surface area (Å²) < 4.78 is 23.9. The number of halogens is 2.